The van der Waals surface area contributed by atoms with Gasteiger partial charge in [0.15, 0.2) is 0 Å². The van der Waals surface area contributed by atoms with Gasteiger partial charge in [0.1, 0.15) is 0 Å². The molecule has 1 fully saturated rings. The van der Waals surface area contributed by atoms with Crippen LogP contribution < -0.4 is 16.4 Å². The van der Waals surface area contributed by atoms with Gasteiger partial charge >= 0.3 is 0 Å². The number of nitrogens with one attached hydrogen (secondary N) is 2. The van der Waals surface area contributed by atoms with Crippen LogP contribution in [0.3, 0.4) is 0 Å². The summed E-state index contributed by atoms with van der Waals surface area (Å²) in [6, 6.07) is 7.39. The monoisotopic (exact) mass is 389 g/mol. The number of hydrogen-bond donors (Lipinski definition) is 3. The number of rotatable bonds is 5. The molecule has 2 amide bonds. The van der Waals surface area contributed by atoms with Gasteiger partial charge in [0.05, 0.1) is 6.54 Å². The zero-order valence-electron chi connectivity index (χ0n) is 12.2. The van der Waals surface area contributed by atoms with E-state index in [1.165, 1.54) is 0 Å². The number of halogens is 2. The number of nitrogens with two attached hydrogens (primary N) is 1. The summed E-state index contributed by atoms with van der Waals surface area (Å²) in [4.78, 5) is 23.5. The van der Waals surface area contributed by atoms with E-state index in [1.54, 1.807) is 12.1 Å². The molecule has 0 aromatic heterocycles. The van der Waals surface area contributed by atoms with Gasteiger partial charge in [-0.3, -0.25) is 9.59 Å². The third-order valence-electron chi connectivity index (χ3n) is 3.74. The minimum Gasteiger partial charge on any atom is -0.347 e. The molecule has 0 heterocycles. The van der Waals surface area contributed by atoms with Crippen LogP contribution in [0.2, 0.25) is 0 Å². The summed E-state index contributed by atoms with van der Waals surface area (Å²) in [6.45, 7) is -0.0170. The van der Waals surface area contributed by atoms with Gasteiger partial charge < -0.3 is 16.4 Å². The number of carbonyl (C=O) groups is 2. The van der Waals surface area contributed by atoms with Gasteiger partial charge in [0, 0.05) is 22.6 Å². The van der Waals surface area contributed by atoms with E-state index in [0.717, 1.165) is 23.7 Å². The lowest BCUT2D eigenvalue weighted by molar-refractivity contribution is -0.124. The smallest absolute Gasteiger partial charge is 0.243 e. The van der Waals surface area contributed by atoms with Gasteiger partial charge in [-0.15, -0.1) is 12.4 Å². The van der Waals surface area contributed by atoms with Crippen molar-refractivity contribution in [2.45, 2.75) is 31.7 Å². The predicted molar refractivity (Wildman–Crippen MR) is 93.0 cm³/mol. The van der Waals surface area contributed by atoms with Crippen molar-refractivity contribution in [1.82, 2.24) is 5.32 Å². The summed E-state index contributed by atoms with van der Waals surface area (Å²) in [5.41, 5.74) is 6.64. The van der Waals surface area contributed by atoms with Gasteiger partial charge in [-0.2, -0.15) is 0 Å². The van der Waals surface area contributed by atoms with Crippen molar-refractivity contribution >= 4 is 45.8 Å². The molecule has 0 aliphatic heterocycles. The zero-order chi connectivity index (χ0) is 15.2. The van der Waals surface area contributed by atoms with Crippen molar-refractivity contribution in [1.29, 1.82) is 0 Å². The van der Waals surface area contributed by atoms with Crippen molar-refractivity contribution in [2.75, 3.05) is 11.9 Å². The summed E-state index contributed by atoms with van der Waals surface area (Å²) in [5, 5.41) is 5.37. The second-order valence-electron chi connectivity index (χ2n) is 5.39. The molecule has 122 valence electrons. The highest BCUT2D eigenvalue weighted by Crippen LogP contribution is 2.26. The maximum absolute atomic E-state index is 11.8. The number of anilines is 1. The third kappa shape index (κ3) is 5.94. The lowest BCUT2D eigenvalue weighted by Gasteiger charge is -2.14. The quantitative estimate of drug-likeness (QED) is 0.722. The van der Waals surface area contributed by atoms with Gasteiger partial charge in [0.25, 0.3) is 0 Å². The molecule has 2 atom stereocenters. The highest BCUT2D eigenvalue weighted by Gasteiger charge is 2.25. The van der Waals surface area contributed by atoms with Crippen LogP contribution in [0.5, 0.6) is 0 Å². The maximum Gasteiger partial charge on any atom is 0.243 e. The van der Waals surface area contributed by atoms with E-state index in [0.29, 0.717) is 12.1 Å². The minimum atomic E-state index is -0.235. The fraction of sp³-hybridized carbons (Fsp3) is 0.467. The Balaban J connectivity index is 0.00000242. The topological polar surface area (TPSA) is 84.2 Å². The van der Waals surface area contributed by atoms with E-state index in [9.17, 15) is 9.59 Å². The Labute approximate surface area is 144 Å². The largest absolute Gasteiger partial charge is 0.347 e. The summed E-state index contributed by atoms with van der Waals surface area (Å²) in [5.74, 6) is -0.0933. The van der Waals surface area contributed by atoms with Crippen molar-refractivity contribution in [3.63, 3.8) is 0 Å². The SMILES string of the molecule is Cl.N[C@@H]1CCC[C@H]1CC(=O)NCC(=O)Nc1ccc(Br)cc1. The van der Waals surface area contributed by atoms with E-state index in [-0.39, 0.29) is 42.7 Å². The molecule has 0 bridgehead atoms. The standard InChI is InChI=1S/C15H20BrN3O2.ClH/c16-11-4-6-12(7-5-11)19-15(21)9-18-14(20)8-10-2-1-3-13(10)17;/h4-7,10,13H,1-3,8-9,17H2,(H,18,20)(H,19,21);1H/t10-,13+;/m0./s1. The first kappa shape index (κ1) is 18.9. The highest BCUT2D eigenvalue weighted by atomic mass is 79.9. The van der Waals surface area contributed by atoms with E-state index in [1.807, 2.05) is 12.1 Å². The fourth-order valence-electron chi connectivity index (χ4n) is 2.55. The van der Waals surface area contributed by atoms with Crippen molar-refractivity contribution < 1.29 is 9.59 Å². The molecule has 0 radical (unpaired) electrons. The van der Waals surface area contributed by atoms with Gasteiger partial charge in [-0.05, 0) is 43.0 Å². The molecule has 0 unspecified atom stereocenters. The van der Waals surface area contributed by atoms with Crippen LogP contribution in [0.25, 0.3) is 0 Å². The number of carbonyl (C=O) groups excluding carboxylic acids is 2. The van der Waals surface area contributed by atoms with E-state index >= 15 is 0 Å². The van der Waals surface area contributed by atoms with Crippen molar-refractivity contribution in [2.24, 2.45) is 11.7 Å². The van der Waals surface area contributed by atoms with Gasteiger partial charge in [-0.25, -0.2) is 0 Å². The van der Waals surface area contributed by atoms with Crippen LogP contribution in [0.4, 0.5) is 5.69 Å². The molecular weight excluding hydrogens is 370 g/mol. The van der Waals surface area contributed by atoms with Crippen LogP contribution >= 0.6 is 28.3 Å². The minimum absolute atomic E-state index is 0. The predicted octanol–water partition coefficient (Wildman–Crippen LogP) is 2.44. The average Bonchev–Trinajstić information content (AvgIpc) is 2.85. The van der Waals surface area contributed by atoms with Crippen LogP contribution in [-0.4, -0.2) is 24.4 Å². The first-order valence-electron chi connectivity index (χ1n) is 7.12. The Hall–Kier alpha value is -1.11. The number of benzene rings is 1. The van der Waals surface area contributed by atoms with Crippen LogP contribution in [0.15, 0.2) is 28.7 Å². The molecule has 1 aromatic rings. The average molecular weight is 391 g/mol. The van der Waals surface area contributed by atoms with E-state index in [4.69, 9.17) is 5.73 Å². The molecule has 7 heteroatoms. The molecule has 0 spiro atoms. The van der Waals surface area contributed by atoms with Crippen LogP contribution in [0.1, 0.15) is 25.7 Å². The lowest BCUT2D eigenvalue weighted by Crippen LogP contribution is -2.36. The van der Waals surface area contributed by atoms with Crippen molar-refractivity contribution in [3.8, 4) is 0 Å². The summed E-state index contributed by atoms with van der Waals surface area (Å²) in [6.07, 6.45) is 3.48. The van der Waals surface area contributed by atoms with E-state index < -0.39 is 0 Å². The number of hydrogen-bond acceptors (Lipinski definition) is 3. The Morgan fingerprint density at radius 1 is 1.18 bits per heavy atom. The lowest BCUT2D eigenvalue weighted by atomic mass is 10.00. The summed E-state index contributed by atoms with van der Waals surface area (Å²) in [7, 11) is 0. The second kappa shape index (κ2) is 9.12. The maximum atomic E-state index is 11.8. The second-order valence-corrected chi connectivity index (χ2v) is 6.31. The number of amides is 2. The first-order chi connectivity index (χ1) is 10.0. The molecule has 22 heavy (non-hydrogen) atoms. The molecule has 1 aromatic carbocycles. The molecule has 0 saturated heterocycles. The molecule has 5 nitrogen and oxygen atoms in total. The Morgan fingerprint density at radius 2 is 1.86 bits per heavy atom. The fourth-order valence-corrected chi connectivity index (χ4v) is 2.81. The molecular formula is C15H21BrClN3O2. The third-order valence-corrected chi connectivity index (χ3v) is 4.27. The van der Waals surface area contributed by atoms with Crippen LogP contribution in [0, 0.1) is 5.92 Å². The molecule has 1 aliphatic carbocycles. The zero-order valence-corrected chi connectivity index (χ0v) is 14.6. The van der Waals surface area contributed by atoms with E-state index in [2.05, 4.69) is 26.6 Å². The molecule has 1 saturated carbocycles. The Kier molecular flexibility index (Phi) is 7.85. The van der Waals surface area contributed by atoms with Gasteiger partial charge in [0.2, 0.25) is 11.8 Å². The summed E-state index contributed by atoms with van der Waals surface area (Å²) < 4.78 is 0.946. The molecule has 4 N–H and O–H groups in total. The Morgan fingerprint density at radius 3 is 2.45 bits per heavy atom. The normalized spacial score (nSPS) is 20.1. The highest BCUT2D eigenvalue weighted by molar-refractivity contribution is 9.10. The molecule has 1 aliphatic rings. The molecule has 2 rings (SSSR count). The first-order valence-corrected chi connectivity index (χ1v) is 7.91. The van der Waals surface area contributed by atoms with Gasteiger partial charge in [-0.1, -0.05) is 22.4 Å². The summed E-state index contributed by atoms with van der Waals surface area (Å²) >= 11 is 3.33. The van der Waals surface area contributed by atoms with Crippen molar-refractivity contribution in [3.05, 3.63) is 28.7 Å². The van der Waals surface area contributed by atoms with Crippen LogP contribution in [-0.2, 0) is 9.59 Å². The Bertz CT molecular complexity index is 510.